The summed E-state index contributed by atoms with van der Waals surface area (Å²) in [6.45, 7) is 1.12. The van der Waals surface area contributed by atoms with Gasteiger partial charge in [-0.15, -0.1) is 0 Å². The molecule has 0 aromatic carbocycles. The number of carbonyl (C=O) groups excluding carboxylic acids is 2. The highest BCUT2D eigenvalue weighted by Crippen LogP contribution is 2.18. The first-order valence-electron chi connectivity index (χ1n) is 6.74. The summed E-state index contributed by atoms with van der Waals surface area (Å²) < 4.78 is 9.58. The summed E-state index contributed by atoms with van der Waals surface area (Å²) in [6, 6.07) is -0.0303. The van der Waals surface area contributed by atoms with E-state index in [2.05, 4.69) is 4.74 Å². The SMILES string of the molecule is COC(=O)COCCCCN1C(=O)CCCC1CO. The number of amides is 1. The Balaban J connectivity index is 2.13. The predicted molar refractivity (Wildman–Crippen MR) is 68.5 cm³/mol. The van der Waals surface area contributed by atoms with E-state index < -0.39 is 0 Å². The lowest BCUT2D eigenvalue weighted by atomic mass is 10.0. The van der Waals surface area contributed by atoms with E-state index in [1.165, 1.54) is 7.11 Å². The number of hydrogen-bond acceptors (Lipinski definition) is 5. The molecule has 19 heavy (non-hydrogen) atoms. The number of rotatable bonds is 8. The van der Waals surface area contributed by atoms with E-state index in [0.29, 0.717) is 19.6 Å². The molecule has 6 nitrogen and oxygen atoms in total. The van der Waals surface area contributed by atoms with Crippen molar-refractivity contribution in [1.29, 1.82) is 0 Å². The normalized spacial score (nSPS) is 19.6. The number of aliphatic hydroxyl groups excluding tert-OH is 1. The fraction of sp³-hybridized carbons (Fsp3) is 0.846. The maximum Gasteiger partial charge on any atom is 0.331 e. The molecule has 1 heterocycles. The summed E-state index contributed by atoms with van der Waals surface area (Å²) in [5, 5.41) is 9.24. The molecule has 1 N–H and O–H groups in total. The monoisotopic (exact) mass is 273 g/mol. The molecule has 1 atom stereocenters. The first-order chi connectivity index (χ1) is 9.19. The molecular weight excluding hydrogens is 250 g/mol. The summed E-state index contributed by atoms with van der Waals surface area (Å²) in [6.07, 6.45) is 3.90. The van der Waals surface area contributed by atoms with Gasteiger partial charge in [-0.3, -0.25) is 4.79 Å². The van der Waals surface area contributed by atoms with Crippen LogP contribution in [-0.4, -0.2) is 61.4 Å². The third-order valence-corrected chi connectivity index (χ3v) is 3.29. The largest absolute Gasteiger partial charge is 0.467 e. The summed E-state index contributed by atoms with van der Waals surface area (Å²) in [5.41, 5.74) is 0. The number of nitrogens with zero attached hydrogens (tertiary/aromatic N) is 1. The number of piperidine rings is 1. The average Bonchev–Trinajstić information content (AvgIpc) is 2.43. The Morgan fingerprint density at radius 2 is 2.26 bits per heavy atom. The molecular formula is C13H23NO5. The predicted octanol–water partition coefficient (Wildman–Crippen LogP) is 0.330. The molecule has 1 aliphatic rings. The number of methoxy groups -OCH3 is 1. The smallest absolute Gasteiger partial charge is 0.331 e. The first-order valence-corrected chi connectivity index (χ1v) is 6.74. The van der Waals surface area contributed by atoms with Crippen molar-refractivity contribution >= 4 is 11.9 Å². The number of esters is 1. The first kappa shape index (κ1) is 15.9. The number of unbranched alkanes of at least 4 members (excludes halogenated alkanes) is 1. The highest BCUT2D eigenvalue weighted by Gasteiger charge is 2.26. The molecule has 0 aromatic rings. The molecule has 1 rings (SSSR count). The maximum atomic E-state index is 11.7. The lowest BCUT2D eigenvalue weighted by Crippen LogP contribution is -2.46. The van der Waals surface area contributed by atoms with Crippen LogP contribution in [0.5, 0.6) is 0 Å². The van der Waals surface area contributed by atoms with Gasteiger partial charge in [0.2, 0.25) is 5.91 Å². The van der Waals surface area contributed by atoms with E-state index in [9.17, 15) is 14.7 Å². The fourth-order valence-corrected chi connectivity index (χ4v) is 2.19. The van der Waals surface area contributed by atoms with Crippen molar-refractivity contribution in [3.63, 3.8) is 0 Å². The number of likely N-dealkylation sites (tertiary alicyclic amines) is 1. The van der Waals surface area contributed by atoms with Crippen molar-refractivity contribution < 1.29 is 24.2 Å². The molecule has 0 bridgehead atoms. The summed E-state index contributed by atoms with van der Waals surface area (Å²) in [4.78, 5) is 24.3. The maximum absolute atomic E-state index is 11.7. The Morgan fingerprint density at radius 1 is 1.47 bits per heavy atom. The molecule has 6 heteroatoms. The van der Waals surface area contributed by atoms with Gasteiger partial charge in [0.05, 0.1) is 19.8 Å². The standard InChI is InChI=1S/C13H23NO5/c1-18-13(17)10-19-8-3-2-7-14-11(9-15)5-4-6-12(14)16/h11,15H,2-10H2,1H3. The average molecular weight is 273 g/mol. The molecule has 1 fully saturated rings. The minimum atomic E-state index is -0.383. The lowest BCUT2D eigenvalue weighted by molar-refractivity contribution is -0.145. The van der Waals surface area contributed by atoms with Crippen LogP contribution in [0, 0.1) is 0 Å². The van der Waals surface area contributed by atoms with Crippen LogP contribution in [0.4, 0.5) is 0 Å². The lowest BCUT2D eigenvalue weighted by Gasteiger charge is -2.34. The van der Waals surface area contributed by atoms with Gasteiger partial charge in [0.1, 0.15) is 6.61 Å². The van der Waals surface area contributed by atoms with E-state index >= 15 is 0 Å². The second-order valence-corrected chi connectivity index (χ2v) is 4.65. The zero-order valence-electron chi connectivity index (χ0n) is 11.5. The van der Waals surface area contributed by atoms with Crippen molar-refractivity contribution in [2.45, 2.75) is 38.1 Å². The Labute approximate surface area is 113 Å². The highest BCUT2D eigenvalue weighted by molar-refractivity contribution is 5.77. The topological polar surface area (TPSA) is 76.1 Å². The van der Waals surface area contributed by atoms with E-state index in [4.69, 9.17) is 4.74 Å². The second kappa shape index (κ2) is 8.87. The van der Waals surface area contributed by atoms with E-state index in [1.54, 1.807) is 4.90 Å². The van der Waals surface area contributed by atoms with Gasteiger partial charge in [-0.1, -0.05) is 0 Å². The third-order valence-electron chi connectivity index (χ3n) is 3.29. The van der Waals surface area contributed by atoms with Gasteiger partial charge >= 0.3 is 5.97 Å². The number of hydrogen-bond donors (Lipinski definition) is 1. The zero-order chi connectivity index (χ0) is 14.1. The van der Waals surface area contributed by atoms with Gasteiger partial charge < -0.3 is 19.5 Å². The number of aliphatic hydroxyl groups is 1. The van der Waals surface area contributed by atoms with E-state index in [0.717, 1.165) is 25.7 Å². The number of ether oxygens (including phenoxy) is 2. The summed E-state index contributed by atoms with van der Waals surface area (Å²) in [5.74, 6) is -0.257. The van der Waals surface area contributed by atoms with Crippen LogP contribution in [0.25, 0.3) is 0 Å². The minimum Gasteiger partial charge on any atom is -0.467 e. The minimum absolute atomic E-state index is 0.0294. The van der Waals surface area contributed by atoms with Gasteiger partial charge in [0.15, 0.2) is 0 Å². The Hall–Kier alpha value is -1.14. The van der Waals surface area contributed by atoms with Gasteiger partial charge in [0.25, 0.3) is 0 Å². The Morgan fingerprint density at radius 3 is 2.95 bits per heavy atom. The quantitative estimate of drug-likeness (QED) is 0.509. The van der Waals surface area contributed by atoms with Crippen molar-refractivity contribution in [2.75, 3.05) is 33.5 Å². The third kappa shape index (κ3) is 5.57. The van der Waals surface area contributed by atoms with Crippen molar-refractivity contribution in [2.24, 2.45) is 0 Å². The molecule has 110 valence electrons. The van der Waals surface area contributed by atoms with Crippen LogP contribution >= 0.6 is 0 Å². The molecule has 0 aliphatic carbocycles. The van der Waals surface area contributed by atoms with Crippen LogP contribution in [-0.2, 0) is 19.1 Å². The second-order valence-electron chi connectivity index (χ2n) is 4.65. The van der Waals surface area contributed by atoms with Crippen LogP contribution in [0.3, 0.4) is 0 Å². The Bertz CT molecular complexity index is 295. The molecule has 0 aromatic heterocycles. The van der Waals surface area contributed by atoms with Crippen LogP contribution in [0.15, 0.2) is 0 Å². The molecule has 1 unspecified atom stereocenters. The number of carbonyl (C=O) groups is 2. The molecule has 1 amide bonds. The molecule has 0 radical (unpaired) electrons. The van der Waals surface area contributed by atoms with Crippen molar-refractivity contribution in [1.82, 2.24) is 4.90 Å². The highest BCUT2D eigenvalue weighted by atomic mass is 16.6. The van der Waals surface area contributed by atoms with Crippen molar-refractivity contribution in [3.05, 3.63) is 0 Å². The van der Waals surface area contributed by atoms with Gasteiger partial charge in [-0.05, 0) is 25.7 Å². The van der Waals surface area contributed by atoms with E-state index in [-0.39, 0.29) is 31.1 Å². The molecule has 1 saturated heterocycles. The molecule has 0 spiro atoms. The molecule has 1 aliphatic heterocycles. The van der Waals surface area contributed by atoms with E-state index in [1.807, 2.05) is 0 Å². The van der Waals surface area contributed by atoms with Gasteiger partial charge in [0, 0.05) is 19.6 Å². The van der Waals surface area contributed by atoms with Crippen LogP contribution in [0.1, 0.15) is 32.1 Å². The van der Waals surface area contributed by atoms with Gasteiger partial charge in [-0.25, -0.2) is 4.79 Å². The van der Waals surface area contributed by atoms with Crippen LogP contribution < -0.4 is 0 Å². The van der Waals surface area contributed by atoms with Crippen LogP contribution in [0.2, 0.25) is 0 Å². The summed E-state index contributed by atoms with van der Waals surface area (Å²) in [7, 11) is 1.32. The van der Waals surface area contributed by atoms with Crippen molar-refractivity contribution in [3.8, 4) is 0 Å². The Kier molecular flexibility index (Phi) is 7.43. The van der Waals surface area contributed by atoms with Gasteiger partial charge in [-0.2, -0.15) is 0 Å². The summed E-state index contributed by atoms with van der Waals surface area (Å²) >= 11 is 0. The zero-order valence-corrected chi connectivity index (χ0v) is 11.5. The fourth-order valence-electron chi connectivity index (χ4n) is 2.19. The molecule has 0 saturated carbocycles.